The van der Waals surface area contributed by atoms with Gasteiger partial charge in [-0.05, 0) is 145 Å². The van der Waals surface area contributed by atoms with Crippen molar-refractivity contribution >= 4 is 76.2 Å². The highest BCUT2D eigenvalue weighted by atomic mass is 32.3. The van der Waals surface area contributed by atoms with Crippen LogP contribution in [0.1, 0.15) is 207 Å². The lowest BCUT2D eigenvalue weighted by molar-refractivity contribution is -0.0527. The number of terminal acetylenes is 6. The largest absolute Gasteiger partial charge is 0.444 e. The number of nitrogens with zero attached hydrogens (tertiary/aromatic N) is 11. The molecule has 1 aliphatic carbocycles. The molecule has 2 aromatic heterocycles. The SMILES string of the molecule is C#CCCN(CCN)C(=O)OC(C)(C)C.C#CCCN(CCN1C(=O)c2ccccc2C1=O)C(=O)OC(C)(C)C.C#CCCN(CCO)C(=O)OC(C)(C)C.C#CCCNCCO.C#CCCO.C#CCCOC.CC(=NC(=O)OC(C)(C)C)n1cccn1.NC(N)=NCCNCCc1cc([C@@H]2CC3(CC3)[C@@H]3CN2C(=O)N3OS(=O)(=O)O)no1.NCCO.O=C1NC(=O)c2ccccc21. The molecule has 16 N–H and O–H groups in total. The summed E-state index contributed by atoms with van der Waals surface area (Å²) in [4.78, 5) is 121. The van der Waals surface area contributed by atoms with Gasteiger partial charge in [0.15, 0.2) is 5.96 Å². The van der Waals surface area contributed by atoms with Gasteiger partial charge in [0, 0.05) is 162 Å². The van der Waals surface area contributed by atoms with Gasteiger partial charge in [-0.2, -0.15) is 23.6 Å². The Kier molecular flexibility index (Phi) is 58.4. The molecule has 2 aromatic carbocycles. The number of hydrogen-bond donors (Lipinski definition) is 12. The Balaban J connectivity index is 0.00000155. The molecular formula is C92H138N18O23S. The summed E-state index contributed by atoms with van der Waals surface area (Å²) in [5.41, 5.74) is 20.6. The summed E-state index contributed by atoms with van der Waals surface area (Å²) < 4.78 is 68.3. The molecule has 2 bridgehead atoms. The van der Waals surface area contributed by atoms with Gasteiger partial charge in [0.05, 0.1) is 73.9 Å². The van der Waals surface area contributed by atoms with Gasteiger partial charge >= 0.3 is 40.8 Å². The lowest BCUT2D eigenvalue weighted by Gasteiger charge is -2.35. The van der Waals surface area contributed by atoms with Gasteiger partial charge in [-0.25, -0.2) is 28.7 Å². The number of urea groups is 1. The molecule has 42 heteroatoms. The zero-order valence-corrected chi connectivity index (χ0v) is 80.3. The number of nitrogens with one attached hydrogen (secondary N) is 3. The summed E-state index contributed by atoms with van der Waals surface area (Å²) in [6, 6.07) is 15.6. The van der Waals surface area contributed by atoms with Crippen molar-refractivity contribution in [1.29, 1.82) is 0 Å². The van der Waals surface area contributed by atoms with E-state index < -0.39 is 63.2 Å². The van der Waals surface area contributed by atoms with Crippen molar-refractivity contribution in [3.63, 3.8) is 0 Å². The Morgan fingerprint density at radius 2 is 1.08 bits per heavy atom. The molecule has 0 unspecified atom stereocenters. The molecule has 740 valence electrons. The van der Waals surface area contributed by atoms with E-state index in [0.717, 1.165) is 42.2 Å². The molecular weight excluding hydrogens is 1760 g/mol. The first-order valence-corrected chi connectivity index (χ1v) is 44.2. The van der Waals surface area contributed by atoms with Crippen molar-refractivity contribution in [3.8, 4) is 74.1 Å². The minimum absolute atomic E-state index is 0.0526. The molecule has 5 aliphatic rings. The number of piperidine rings is 1. The molecule has 0 radical (unpaired) electrons. The highest BCUT2D eigenvalue weighted by Crippen LogP contribution is 2.62. The number of guanidine groups is 1. The van der Waals surface area contributed by atoms with E-state index in [9.17, 15) is 51.6 Å². The summed E-state index contributed by atoms with van der Waals surface area (Å²) in [5.74, 6) is 14.5. The number of fused-ring (bicyclic) bond motifs is 5. The Bertz CT molecular complexity index is 4590. The number of methoxy groups -OCH3 is 1. The summed E-state index contributed by atoms with van der Waals surface area (Å²) in [5, 5.41) is 49.9. The average Bonchev–Trinajstić information content (AvgIpc) is 1.54. The molecule has 10 amide bonds. The zero-order valence-electron chi connectivity index (χ0n) is 79.5. The van der Waals surface area contributed by atoms with Crippen LogP contribution in [0.4, 0.5) is 24.0 Å². The maximum Gasteiger partial charge on any atom is 0.435 e. The number of amides is 10. The number of aliphatic imine (C=N–C) groups is 2. The van der Waals surface area contributed by atoms with Crippen LogP contribution in [0.15, 0.2) is 87.6 Å². The second-order valence-electron chi connectivity index (χ2n) is 33.0. The number of aliphatic hydroxyl groups excluding tert-OH is 4. The average molecular weight is 1900 g/mol. The van der Waals surface area contributed by atoms with Crippen LogP contribution < -0.4 is 38.9 Å². The van der Waals surface area contributed by atoms with E-state index in [0.29, 0.717) is 157 Å². The number of hydrogen-bond acceptors (Lipinski definition) is 29. The molecule has 9 rings (SSSR count). The number of nitrogens with two attached hydrogens (primary N) is 4. The van der Waals surface area contributed by atoms with E-state index in [-0.39, 0.29) is 93.2 Å². The Morgan fingerprint density at radius 1 is 0.612 bits per heavy atom. The molecule has 6 heterocycles. The first-order valence-electron chi connectivity index (χ1n) is 42.8. The molecule has 1 saturated carbocycles. The van der Waals surface area contributed by atoms with Crippen molar-refractivity contribution in [1.82, 2.24) is 60.5 Å². The van der Waals surface area contributed by atoms with Crippen LogP contribution >= 0.6 is 0 Å². The van der Waals surface area contributed by atoms with E-state index in [1.807, 2.05) is 26.8 Å². The highest BCUT2D eigenvalue weighted by Gasteiger charge is 2.64. The predicted octanol–water partition coefficient (Wildman–Crippen LogP) is 5.98. The topological polar surface area (TPSA) is 572 Å². The minimum atomic E-state index is -4.79. The molecule has 2 atom stereocenters. The standard InChI is InChI=1S/C19H22N2O4.C16H25N7O6S.C11H20N2O2.C11H19NO3.C10H15N3O2.C8H5NO2.C6H11NO.C5H8O.C4H6O.C2H7NO/c1-5-6-11-20(18(24)25-19(2,3)4)12-13-21-16(22)14-9-7-8-10-15(14)17(21)23;17-14(18)20-6-5-19-4-1-10-7-11(21-28-10)12-8-16(2-3-16)13-9-22(12)15(24)23(13)29-30(25,26)27;1-5-6-8-13(9-7-12)10(14)15-11(2,3)4;1-5-6-7-12(8-9-13)10(14)15-11(2,3)4;1-8(13-7-5-6-11-13)12-9(14)15-10(2,3)4;10-7-5-3-1-2-4-6(5)8(11)9-7;1-2-3-4-7-5-6-8;1-3-4-5-6-2;1-2-3-4-5;3-1-2-4/h1,7-10H,6,11-13H2,2-4H3;7,12-13,19H,1-6,8-9H2,(H4,17,18,20)(H,25,26,27);1H,6-9,12H2,2-4H3;1,13H,6-9H2,2-4H3;5-7H,1-4H3;1-4H,(H,9,10,11);1,7-8H,3-6H2;1H,4-5H2,2H3;1,5H,3-4H2;4H,1-3H2/t;12-,13-;;;;;;;;/m.0......../s1. The summed E-state index contributed by atoms with van der Waals surface area (Å²) in [7, 11) is -3.15. The Hall–Kier alpha value is -12.5. The van der Waals surface area contributed by atoms with E-state index in [2.05, 4.69) is 80.7 Å². The zero-order chi connectivity index (χ0) is 102. The number of aromatic nitrogens is 3. The second kappa shape index (κ2) is 64.4. The monoisotopic (exact) mass is 1890 g/mol. The van der Waals surface area contributed by atoms with Gasteiger partial charge in [-0.3, -0.25) is 38.9 Å². The van der Waals surface area contributed by atoms with Crippen LogP contribution in [-0.2, 0) is 44.8 Å². The van der Waals surface area contributed by atoms with Crippen molar-refractivity contribution in [3.05, 3.63) is 107 Å². The molecule has 4 aromatic rings. The Morgan fingerprint density at radius 3 is 1.47 bits per heavy atom. The van der Waals surface area contributed by atoms with Crippen LogP contribution in [-0.4, -0.2) is 310 Å². The number of hydroxylamine groups is 2. The maximum absolute atomic E-state index is 12.7. The van der Waals surface area contributed by atoms with Gasteiger partial charge in [-0.1, -0.05) is 29.4 Å². The van der Waals surface area contributed by atoms with Crippen molar-refractivity contribution < 1.29 is 109 Å². The lowest BCUT2D eigenvalue weighted by atomic mass is 9.84. The molecule has 134 heavy (non-hydrogen) atoms. The fourth-order valence-corrected chi connectivity index (χ4v) is 11.7. The van der Waals surface area contributed by atoms with Gasteiger partial charge in [0.2, 0.25) is 0 Å². The molecule has 3 fully saturated rings. The number of benzene rings is 2. The molecule has 4 aliphatic heterocycles. The van der Waals surface area contributed by atoms with Crippen LogP contribution in [0, 0.1) is 79.5 Å². The second-order valence-corrected chi connectivity index (χ2v) is 34.0. The summed E-state index contributed by atoms with van der Waals surface area (Å²) >= 11 is 0. The highest BCUT2D eigenvalue weighted by molar-refractivity contribution is 7.80. The maximum atomic E-state index is 12.7. The molecule has 1 spiro atoms. The number of aliphatic hydroxyl groups is 4. The van der Waals surface area contributed by atoms with E-state index in [1.54, 1.807) is 143 Å². The normalized spacial score (nSPS) is 14.3. The number of ether oxygens (including phenoxy) is 5. The third-order valence-electron chi connectivity index (χ3n) is 17.4. The predicted molar refractivity (Wildman–Crippen MR) is 505 cm³/mol. The minimum Gasteiger partial charge on any atom is -0.444 e. The fourth-order valence-electron chi connectivity index (χ4n) is 11.3. The van der Waals surface area contributed by atoms with Crippen molar-refractivity contribution in [2.75, 3.05) is 138 Å². The van der Waals surface area contributed by atoms with E-state index >= 15 is 0 Å². The lowest BCUT2D eigenvalue weighted by Crippen LogP contribution is -2.43. The Labute approximate surface area is 788 Å². The van der Waals surface area contributed by atoms with Gasteiger partial charge in [0.1, 0.15) is 39.7 Å². The molecule has 41 nitrogen and oxygen atoms in total. The van der Waals surface area contributed by atoms with Crippen LogP contribution in [0.5, 0.6) is 0 Å². The quantitative estimate of drug-likeness (QED) is 0.00543. The van der Waals surface area contributed by atoms with E-state index in [4.69, 9.17) is 110 Å². The number of imide groups is 2. The smallest absolute Gasteiger partial charge is 0.435 e. The number of carbonyl (C=O) groups is 9. The first-order chi connectivity index (χ1) is 63.1. The van der Waals surface area contributed by atoms with Crippen molar-refractivity contribution in [2.45, 2.75) is 189 Å². The number of rotatable bonds is 30. The van der Waals surface area contributed by atoms with Gasteiger partial charge in [0.25, 0.3) is 23.6 Å². The fraction of sp³-hybridized carbons (Fsp3) is 0.554. The van der Waals surface area contributed by atoms with Crippen LogP contribution in [0.25, 0.3) is 0 Å². The molecule has 2 saturated heterocycles. The summed E-state index contributed by atoms with van der Waals surface area (Å²) in [6.07, 6.45) is 37.7. The van der Waals surface area contributed by atoms with Gasteiger partial charge in [-0.15, -0.1) is 78.3 Å². The third-order valence-corrected chi connectivity index (χ3v) is 17.7. The summed E-state index contributed by atoms with van der Waals surface area (Å²) in [6.45, 7) is 30.7. The van der Waals surface area contributed by atoms with Gasteiger partial charge < -0.3 is 102 Å². The van der Waals surface area contributed by atoms with Crippen LogP contribution in [0.3, 0.4) is 0 Å². The third kappa shape index (κ3) is 50.9. The first kappa shape index (κ1) is 122. The van der Waals surface area contributed by atoms with E-state index in [1.165, 1.54) is 24.3 Å². The van der Waals surface area contributed by atoms with Crippen LogP contribution in [0.2, 0.25) is 0 Å². The number of carbonyl (C=O) groups excluding carboxylic acids is 9. The van der Waals surface area contributed by atoms with Crippen molar-refractivity contribution in [2.24, 2.45) is 38.3 Å².